The Hall–Kier alpha value is -0.250. The minimum absolute atomic E-state index is 0.369. The molecule has 24 heavy (non-hydrogen) atoms. The Labute approximate surface area is 144 Å². The van der Waals surface area contributed by atoms with E-state index in [2.05, 4.69) is 6.92 Å². The maximum Gasteiger partial charge on any atom is 0.358 e. The molecule has 0 unspecified atom stereocenters. The van der Waals surface area contributed by atoms with Gasteiger partial charge in [0.15, 0.2) is 0 Å². The Bertz CT molecular complexity index is 376. The molecule has 0 radical (unpaired) electrons. The van der Waals surface area contributed by atoms with Gasteiger partial charge in [0, 0.05) is 0 Å². The van der Waals surface area contributed by atoms with Crippen molar-refractivity contribution >= 4 is 0 Å². The van der Waals surface area contributed by atoms with Gasteiger partial charge in [0.05, 0.1) is 12.0 Å². The predicted molar refractivity (Wildman–Crippen MR) is 89.8 cm³/mol. The first-order valence-electron chi connectivity index (χ1n) is 10.1. The summed E-state index contributed by atoms with van der Waals surface area (Å²) in [4.78, 5) is 0. The van der Waals surface area contributed by atoms with Crippen LogP contribution >= 0.6 is 0 Å². The molecule has 0 aromatic rings. The van der Waals surface area contributed by atoms with Gasteiger partial charge in [0.2, 0.25) is 0 Å². The third-order valence-electron chi connectivity index (χ3n) is 6.90. The summed E-state index contributed by atoms with van der Waals surface area (Å²) in [5, 5.41) is 0. The van der Waals surface area contributed by atoms with Crippen LogP contribution < -0.4 is 0 Å². The highest BCUT2D eigenvalue weighted by atomic mass is 19.3. The summed E-state index contributed by atoms with van der Waals surface area (Å²) in [5.74, 6) is 1.61. The molecule has 3 aliphatic rings. The fourth-order valence-electron chi connectivity index (χ4n) is 5.14. The van der Waals surface area contributed by atoms with E-state index in [4.69, 9.17) is 4.74 Å². The van der Waals surface area contributed by atoms with E-state index in [0.717, 1.165) is 24.7 Å². The molecule has 3 saturated carbocycles. The van der Waals surface area contributed by atoms with Crippen LogP contribution in [0.2, 0.25) is 0 Å². The molecule has 0 aromatic heterocycles. The van der Waals surface area contributed by atoms with Gasteiger partial charge in [-0.25, -0.2) is 4.39 Å². The molecule has 0 spiro atoms. The van der Waals surface area contributed by atoms with Gasteiger partial charge in [0.1, 0.15) is 6.17 Å². The molecule has 3 fully saturated rings. The van der Waals surface area contributed by atoms with E-state index >= 15 is 0 Å². The van der Waals surface area contributed by atoms with Gasteiger partial charge < -0.3 is 4.74 Å². The summed E-state index contributed by atoms with van der Waals surface area (Å²) < 4.78 is 47.3. The average molecular weight is 346 g/mol. The van der Waals surface area contributed by atoms with Crippen LogP contribution in [0.25, 0.3) is 0 Å². The highest BCUT2D eigenvalue weighted by molar-refractivity contribution is 4.84. The molecule has 0 N–H and O–H groups in total. The normalized spacial score (nSPS) is 42.0. The summed E-state index contributed by atoms with van der Waals surface area (Å²) in [6.07, 6.45) is 5.52. The molecule has 3 aliphatic carbocycles. The van der Waals surface area contributed by atoms with Crippen molar-refractivity contribution in [2.75, 3.05) is 0 Å². The Morgan fingerprint density at radius 1 is 0.708 bits per heavy atom. The van der Waals surface area contributed by atoms with Gasteiger partial charge in [-0.05, 0) is 82.0 Å². The van der Waals surface area contributed by atoms with Gasteiger partial charge in [-0.2, -0.15) is 8.78 Å². The van der Waals surface area contributed by atoms with Crippen LogP contribution in [0.1, 0.15) is 84.0 Å². The molecular formula is C20H33F3O. The Morgan fingerprint density at radius 3 is 1.75 bits per heavy atom. The van der Waals surface area contributed by atoms with Crippen LogP contribution in [-0.2, 0) is 4.74 Å². The highest BCUT2D eigenvalue weighted by Gasteiger charge is 2.45. The lowest BCUT2D eigenvalue weighted by molar-refractivity contribution is -0.302. The first kappa shape index (κ1) is 18.5. The van der Waals surface area contributed by atoms with Crippen molar-refractivity contribution in [3.63, 3.8) is 0 Å². The third-order valence-corrected chi connectivity index (χ3v) is 6.90. The summed E-state index contributed by atoms with van der Waals surface area (Å²) in [6.45, 7) is 2.32. The second-order valence-electron chi connectivity index (χ2n) is 8.69. The van der Waals surface area contributed by atoms with E-state index < -0.39 is 24.3 Å². The van der Waals surface area contributed by atoms with E-state index in [0.29, 0.717) is 44.4 Å². The van der Waals surface area contributed by atoms with Crippen molar-refractivity contribution in [1.29, 1.82) is 0 Å². The van der Waals surface area contributed by atoms with Crippen molar-refractivity contribution < 1.29 is 17.9 Å². The minimum atomic E-state index is -3.03. The Kier molecular flexibility index (Phi) is 6.16. The summed E-state index contributed by atoms with van der Waals surface area (Å²) in [5.41, 5.74) is 0. The molecule has 140 valence electrons. The van der Waals surface area contributed by atoms with Crippen LogP contribution in [0.4, 0.5) is 13.2 Å². The Morgan fingerprint density at radius 2 is 1.21 bits per heavy atom. The number of halogens is 3. The first-order chi connectivity index (χ1) is 11.4. The summed E-state index contributed by atoms with van der Waals surface area (Å²) >= 11 is 0. The monoisotopic (exact) mass is 346 g/mol. The Balaban J connectivity index is 1.44. The molecular weight excluding hydrogens is 313 g/mol. The molecule has 0 aromatic carbocycles. The lowest BCUT2D eigenvalue weighted by Crippen LogP contribution is -2.40. The van der Waals surface area contributed by atoms with E-state index in [-0.39, 0.29) is 0 Å². The van der Waals surface area contributed by atoms with Crippen molar-refractivity contribution in [2.45, 2.75) is 102 Å². The lowest BCUT2D eigenvalue weighted by atomic mass is 9.69. The number of hydrogen-bond donors (Lipinski definition) is 0. The van der Waals surface area contributed by atoms with Crippen LogP contribution in [-0.4, -0.2) is 18.4 Å². The SMILES string of the molecule is CC1CCC(C2CCC(C(F)(F)OC3CCC(F)CC3)CC2)CC1. The average Bonchev–Trinajstić information content (AvgIpc) is 2.58. The molecule has 1 nitrogen and oxygen atoms in total. The van der Waals surface area contributed by atoms with Gasteiger partial charge in [-0.3, -0.25) is 0 Å². The lowest BCUT2D eigenvalue weighted by Gasteiger charge is -2.40. The minimum Gasteiger partial charge on any atom is -0.317 e. The molecule has 4 heteroatoms. The van der Waals surface area contributed by atoms with Gasteiger partial charge in [-0.1, -0.05) is 19.8 Å². The predicted octanol–water partition coefficient (Wildman–Crippen LogP) is 6.51. The number of alkyl halides is 3. The number of rotatable bonds is 4. The largest absolute Gasteiger partial charge is 0.358 e. The van der Waals surface area contributed by atoms with Crippen molar-refractivity contribution in [3.05, 3.63) is 0 Å². The number of ether oxygens (including phenoxy) is 1. The van der Waals surface area contributed by atoms with E-state index in [9.17, 15) is 13.2 Å². The maximum absolute atomic E-state index is 14.5. The zero-order chi connectivity index (χ0) is 17.2. The summed E-state index contributed by atoms with van der Waals surface area (Å²) in [6, 6.07) is 0. The number of hydrogen-bond acceptors (Lipinski definition) is 1. The molecule has 0 atom stereocenters. The van der Waals surface area contributed by atoms with Crippen molar-refractivity contribution in [3.8, 4) is 0 Å². The fourth-order valence-corrected chi connectivity index (χ4v) is 5.14. The smallest absolute Gasteiger partial charge is 0.317 e. The van der Waals surface area contributed by atoms with E-state index in [1.807, 2.05) is 0 Å². The first-order valence-corrected chi connectivity index (χ1v) is 10.1. The second-order valence-corrected chi connectivity index (χ2v) is 8.69. The zero-order valence-corrected chi connectivity index (χ0v) is 15.0. The standard InChI is InChI=1S/C20H33F3O/c1-14-2-4-15(5-3-14)16-6-8-17(9-7-16)20(22,23)24-19-12-10-18(21)11-13-19/h14-19H,2-13H2,1H3. The summed E-state index contributed by atoms with van der Waals surface area (Å²) in [7, 11) is 0. The molecule has 0 aliphatic heterocycles. The van der Waals surface area contributed by atoms with Crippen molar-refractivity contribution in [2.24, 2.45) is 23.7 Å². The van der Waals surface area contributed by atoms with Crippen LogP contribution in [0.3, 0.4) is 0 Å². The van der Waals surface area contributed by atoms with Crippen LogP contribution in [0, 0.1) is 23.7 Å². The van der Waals surface area contributed by atoms with E-state index in [1.54, 1.807) is 0 Å². The van der Waals surface area contributed by atoms with E-state index in [1.165, 1.54) is 25.7 Å². The van der Waals surface area contributed by atoms with Crippen LogP contribution in [0.15, 0.2) is 0 Å². The zero-order valence-electron chi connectivity index (χ0n) is 15.0. The molecule has 3 rings (SSSR count). The second kappa shape index (κ2) is 7.97. The quantitative estimate of drug-likeness (QED) is 0.564. The fraction of sp³-hybridized carbons (Fsp3) is 1.00. The highest BCUT2D eigenvalue weighted by Crippen LogP contribution is 2.46. The van der Waals surface area contributed by atoms with Gasteiger partial charge in [-0.15, -0.1) is 0 Å². The molecule has 0 saturated heterocycles. The van der Waals surface area contributed by atoms with Gasteiger partial charge in [0.25, 0.3) is 0 Å². The van der Waals surface area contributed by atoms with Crippen molar-refractivity contribution in [1.82, 2.24) is 0 Å². The van der Waals surface area contributed by atoms with Gasteiger partial charge >= 0.3 is 6.11 Å². The molecule has 0 bridgehead atoms. The third kappa shape index (κ3) is 4.68. The maximum atomic E-state index is 14.5. The molecule has 0 amide bonds. The van der Waals surface area contributed by atoms with Crippen LogP contribution in [0.5, 0.6) is 0 Å². The molecule has 0 heterocycles. The topological polar surface area (TPSA) is 9.23 Å².